The van der Waals surface area contributed by atoms with E-state index in [-0.39, 0.29) is 17.9 Å². The molecule has 2 aliphatic rings. The molecule has 2 aliphatic heterocycles. The Hall–Kier alpha value is -2.37. The zero-order chi connectivity index (χ0) is 21.1. The number of thioether (sulfide) groups is 1. The Balaban J connectivity index is 1.74. The first-order valence-electron chi connectivity index (χ1n) is 8.62. The van der Waals surface area contributed by atoms with E-state index in [0.717, 1.165) is 4.90 Å². The van der Waals surface area contributed by atoms with Gasteiger partial charge in [-0.05, 0) is 5.56 Å². The summed E-state index contributed by atoms with van der Waals surface area (Å²) in [5, 5.41) is 11.9. The minimum absolute atomic E-state index is 0.0499. The van der Waals surface area contributed by atoms with Crippen LogP contribution in [0.15, 0.2) is 41.6 Å². The number of ether oxygens (including phenoxy) is 1. The van der Waals surface area contributed by atoms with E-state index in [4.69, 9.17) is 10.5 Å². The number of nitrogens with one attached hydrogen (secondary N) is 1. The summed E-state index contributed by atoms with van der Waals surface area (Å²) in [4.78, 5) is 49.9. The van der Waals surface area contributed by atoms with Gasteiger partial charge in [-0.25, -0.2) is 9.59 Å². The highest BCUT2D eigenvalue weighted by atomic mass is 79.9. The normalized spacial score (nSPS) is 21.7. The number of esters is 1. The van der Waals surface area contributed by atoms with Gasteiger partial charge in [0.15, 0.2) is 0 Å². The number of aliphatic carboxylic acids is 1. The Kier molecular flexibility index (Phi) is 6.60. The molecular formula is C18H18BrN3O6S. The van der Waals surface area contributed by atoms with Gasteiger partial charge in [-0.2, -0.15) is 0 Å². The molecule has 0 bridgehead atoms. The van der Waals surface area contributed by atoms with Crippen LogP contribution in [0.2, 0.25) is 0 Å². The zero-order valence-corrected chi connectivity index (χ0v) is 17.4. The van der Waals surface area contributed by atoms with Crippen LogP contribution >= 0.6 is 27.7 Å². The lowest BCUT2D eigenvalue weighted by molar-refractivity contribution is -0.151. The molecule has 1 fully saturated rings. The van der Waals surface area contributed by atoms with E-state index in [0.29, 0.717) is 10.9 Å². The number of rotatable bonds is 7. The number of nitrogens with zero attached hydrogens (tertiary/aromatic N) is 1. The lowest BCUT2D eigenvalue weighted by Crippen LogP contribution is -2.71. The largest absolute Gasteiger partial charge is 0.477 e. The van der Waals surface area contributed by atoms with Gasteiger partial charge in [-0.15, -0.1) is 11.8 Å². The summed E-state index contributed by atoms with van der Waals surface area (Å²) in [6.45, 7) is 0.0767. The highest BCUT2D eigenvalue weighted by molar-refractivity contribution is 9.09. The van der Waals surface area contributed by atoms with Crippen LogP contribution in [-0.2, 0) is 23.9 Å². The predicted molar refractivity (Wildman–Crippen MR) is 108 cm³/mol. The predicted octanol–water partition coefficient (Wildman–Crippen LogP) is 0.363. The van der Waals surface area contributed by atoms with Gasteiger partial charge in [-0.1, -0.05) is 46.3 Å². The highest BCUT2D eigenvalue weighted by Gasteiger charge is 2.55. The molecule has 0 spiro atoms. The van der Waals surface area contributed by atoms with Crippen molar-refractivity contribution >= 4 is 51.4 Å². The fourth-order valence-corrected chi connectivity index (χ4v) is 4.54. The number of alkyl halides is 1. The minimum Gasteiger partial charge on any atom is -0.477 e. The minimum atomic E-state index is -1.40. The summed E-state index contributed by atoms with van der Waals surface area (Å²) < 4.78 is 4.98. The van der Waals surface area contributed by atoms with Crippen molar-refractivity contribution in [2.45, 2.75) is 17.5 Å². The molecule has 0 aliphatic carbocycles. The van der Waals surface area contributed by atoms with Crippen molar-refractivity contribution in [1.82, 2.24) is 10.2 Å². The van der Waals surface area contributed by atoms with Crippen molar-refractivity contribution in [1.29, 1.82) is 0 Å². The van der Waals surface area contributed by atoms with Gasteiger partial charge >= 0.3 is 11.9 Å². The number of carbonyl (C=O) groups is 4. The number of amides is 2. The number of carboxylic acids is 1. The van der Waals surface area contributed by atoms with Crippen LogP contribution in [0.4, 0.5) is 0 Å². The van der Waals surface area contributed by atoms with Crippen LogP contribution in [0.1, 0.15) is 11.6 Å². The van der Waals surface area contributed by atoms with Crippen LogP contribution in [0.5, 0.6) is 0 Å². The van der Waals surface area contributed by atoms with Gasteiger partial charge in [0.05, 0.1) is 5.57 Å². The SMILES string of the molecule is NC(C(=O)NC1C(=O)N2C(C(=O)O)=C(C(=O)OCCBr)CS[C@H]12)c1ccccc1. The molecule has 11 heteroatoms. The number of halogens is 1. The lowest BCUT2D eigenvalue weighted by atomic mass is 10.0. The van der Waals surface area contributed by atoms with Crippen LogP contribution in [-0.4, -0.2) is 62.9 Å². The molecule has 4 N–H and O–H groups in total. The van der Waals surface area contributed by atoms with Gasteiger partial charge in [0.1, 0.15) is 29.8 Å². The summed E-state index contributed by atoms with van der Waals surface area (Å²) in [5.74, 6) is -3.29. The van der Waals surface area contributed by atoms with Crippen molar-refractivity contribution in [3.05, 3.63) is 47.2 Å². The number of nitrogens with two attached hydrogens (primary N) is 1. The van der Waals surface area contributed by atoms with Gasteiger partial charge < -0.3 is 20.9 Å². The fourth-order valence-electron chi connectivity index (χ4n) is 3.05. The zero-order valence-electron chi connectivity index (χ0n) is 15.0. The van der Waals surface area contributed by atoms with Crippen LogP contribution in [0, 0.1) is 0 Å². The maximum absolute atomic E-state index is 12.6. The third kappa shape index (κ3) is 4.16. The molecule has 3 rings (SSSR count). The first-order chi connectivity index (χ1) is 13.9. The Morgan fingerprint density at radius 1 is 1.34 bits per heavy atom. The van der Waals surface area contributed by atoms with Crippen LogP contribution in [0.25, 0.3) is 0 Å². The lowest BCUT2D eigenvalue weighted by Gasteiger charge is -2.49. The molecule has 0 saturated carbocycles. The third-order valence-electron chi connectivity index (χ3n) is 4.47. The molecule has 0 aromatic heterocycles. The van der Waals surface area contributed by atoms with Crippen molar-refractivity contribution in [3.8, 4) is 0 Å². The Bertz CT molecular complexity index is 878. The molecule has 2 unspecified atom stereocenters. The average Bonchev–Trinajstić information content (AvgIpc) is 2.74. The Labute approximate surface area is 178 Å². The van der Waals surface area contributed by atoms with E-state index >= 15 is 0 Å². The number of hydrogen-bond acceptors (Lipinski definition) is 7. The van der Waals surface area contributed by atoms with Crippen molar-refractivity contribution < 1.29 is 29.0 Å². The second-order valence-corrected chi connectivity index (χ2v) is 8.14. The molecule has 0 radical (unpaired) electrons. The molecular weight excluding hydrogens is 466 g/mol. The summed E-state index contributed by atoms with van der Waals surface area (Å²) in [6.07, 6.45) is 0. The first-order valence-corrected chi connectivity index (χ1v) is 10.8. The first kappa shape index (κ1) is 21.3. The third-order valence-corrected chi connectivity index (χ3v) is 6.07. The summed E-state index contributed by atoms with van der Waals surface area (Å²) in [7, 11) is 0. The van der Waals surface area contributed by atoms with Gasteiger partial charge in [0, 0.05) is 11.1 Å². The van der Waals surface area contributed by atoms with Crippen molar-refractivity contribution in [2.24, 2.45) is 5.73 Å². The highest BCUT2D eigenvalue weighted by Crippen LogP contribution is 2.40. The summed E-state index contributed by atoms with van der Waals surface area (Å²) in [6, 6.07) is 6.80. The van der Waals surface area contributed by atoms with E-state index < -0.39 is 46.9 Å². The van der Waals surface area contributed by atoms with Gasteiger partial charge in [-0.3, -0.25) is 14.5 Å². The number of β-lactam (4-membered cyclic amide) rings is 1. The fraction of sp³-hybridized carbons (Fsp3) is 0.333. The number of hydrogen-bond donors (Lipinski definition) is 3. The quantitative estimate of drug-likeness (QED) is 0.287. The molecule has 29 heavy (non-hydrogen) atoms. The number of carboxylic acid groups (broad SMARTS) is 1. The molecule has 2 heterocycles. The molecule has 2 amide bonds. The molecule has 3 atom stereocenters. The van der Waals surface area contributed by atoms with E-state index in [1.54, 1.807) is 30.3 Å². The van der Waals surface area contributed by atoms with E-state index in [2.05, 4.69) is 21.2 Å². The molecule has 1 aromatic rings. The Morgan fingerprint density at radius 3 is 2.66 bits per heavy atom. The molecule has 154 valence electrons. The van der Waals surface area contributed by atoms with Gasteiger partial charge in [0.2, 0.25) is 5.91 Å². The molecule has 9 nitrogen and oxygen atoms in total. The monoisotopic (exact) mass is 483 g/mol. The van der Waals surface area contributed by atoms with E-state index in [1.165, 1.54) is 11.8 Å². The second kappa shape index (κ2) is 8.97. The van der Waals surface area contributed by atoms with Crippen LogP contribution < -0.4 is 11.1 Å². The van der Waals surface area contributed by atoms with Crippen molar-refractivity contribution in [3.63, 3.8) is 0 Å². The summed E-state index contributed by atoms with van der Waals surface area (Å²) in [5.41, 5.74) is 6.05. The number of benzene rings is 1. The standard InChI is InChI=1S/C18H18BrN3O6S/c19-6-7-28-18(27)10-8-29-16-12(15(24)22(16)13(10)17(25)26)21-14(23)11(20)9-4-2-1-3-5-9/h1-5,11-12,16H,6-8,20H2,(H,21,23)(H,25,26)/t11?,12?,16-/m1/s1. The molecule has 1 aromatic carbocycles. The second-order valence-electron chi connectivity index (χ2n) is 6.24. The summed E-state index contributed by atoms with van der Waals surface area (Å²) >= 11 is 4.30. The van der Waals surface area contributed by atoms with E-state index in [9.17, 15) is 24.3 Å². The van der Waals surface area contributed by atoms with Gasteiger partial charge in [0.25, 0.3) is 5.91 Å². The molecule has 1 saturated heterocycles. The van der Waals surface area contributed by atoms with Crippen LogP contribution in [0.3, 0.4) is 0 Å². The average molecular weight is 484 g/mol. The number of fused-ring (bicyclic) bond motifs is 1. The maximum atomic E-state index is 12.6. The Morgan fingerprint density at radius 2 is 2.03 bits per heavy atom. The maximum Gasteiger partial charge on any atom is 0.353 e. The van der Waals surface area contributed by atoms with Crippen molar-refractivity contribution in [2.75, 3.05) is 17.7 Å². The van der Waals surface area contributed by atoms with E-state index in [1.807, 2.05) is 0 Å². The smallest absolute Gasteiger partial charge is 0.353 e. The topological polar surface area (TPSA) is 139 Å². The number of carbonyl (C=O) groups excluding carboxylic acids is 3.